The Morgan fingerprint density at radius 3 is 2.69 bits per heavy atom. The fourth-order valence-corrected chi connectivity index (χ4v) is 2.73. The van der Waals surface area contributed by atoms with Crippen LogP contribution in [0.25, 0.3) is 0 Å². The molecule has 1 aliphatic heterocycles. The van der Waals surface area contributed by atoms with Crippen molar-refractivity contribution in [3.63, 3.8) is 0 Å². The molecule has 1 N–H and O–H groups in total. The Hall–Kier alpha value is -0.740. The Kier molecular flexibility index (Phi) is 3.71. The Balaban J connectivity index is 2.36. The van der Waals surface area contributed by atoms with Gasteiger partial charge in [-0.2, -0.15) is 0 Å². The van der Waals surface area contributed by atoms with Crippen LogP contribution in [0.5, 0.6) is 11.5 Å². The standard InChI is InChI=1S/C12H16BrNO2/c1-15-11-6-9(8-3-4-14-7-8)5-10(13)12(11)16-2/h5-6,8,14H,3-4,7H2,1-2H3. The van der Waals surface area contributed by atoms with Crippen LogP contribution in [-0.4, -0.2) is 27.3 Å². The number of hydrogen-bond acceptors (Lipinski definition) is 3. The summed E-state index contributed by atoms with van der Waals surface area (Å²) in [5.41, 5.74) is 1.30. The summed E-state index contributed by atoms with van der Waals surface area (Å²) >= 11 is 3.52. The average molecular weight is 286 g/mol. The van der Waals surface area contributed by atoms with Gasteiger partial charge in [0.05, 0.1) is 18.7 Å². The Bertz CT molecular complexity index is 376. The quantitative estimate of drug-likeness (QED) is 0.926. The third-order valence-corrected chi connectivity index (χ3v) is 3.58. The molecule has 0 amide bonds. The summed E-state index contributed by atoms with van der Waals surface area (Å²) < 4.78 is 11.6. The molecule has 0 bridgehead atoms. The second-order valence-electron chi connectivity index (χ2n) is 3.93. The Morgan fingerprint density at radius 1 is 1.31 bits per heavy atom. The van der Waals surface area contributed by atoms with Gasteiger partial charge in [-0.05, 0) is 52.5 Å². The van der Waals surface area contributed by atoms with Gasteiger partial charge < -0.3 is 14.8 Å². The molecule has 0 aliphatic carbocycles. The van der Waals surface area contributed by atoms with E-state index in [0.29, 0.717) is 5.92 Å². The van der Waals surface area contributed by atoms with Gasteiger partial charge in [-0.15, -0.1) is 0 Å². The van der Waals surface area contributed by atoms with Gasteiger partial charge in [0, 0.05) is 6.54 Å². The smallest absolute Gasteiger partial charge is 0.174 e. The highest BCUT2D eigenvalue weighted by molar-refractivity contribution is 9.10. The lowest BCUT2D eigenvalue weighted by molar-refractivity contribution is 0.352. The molecule has 1 heterocycles. The van der Waals surface area contributed by atoms with Crippen molar-refractivity contribution in [1.82, 2.24) is 5.32 Å². The van der Waals surface area contributed by atoms with Crippen molar-refractivity contribution >= 4 is 15.9 Å². The first-order chi connectivity index (χ1) is 7.76. The van der Waals surface area contributed by atoms with Crippen molar-refractivity contribution in [1.29, 1.82) is 0 Å². The third-order valence-electron chi connectivity index (χ3n) is 2.99. The predicted molar refractivity (Wildman–Crippen MR) is 67.5 cm³/mol. The normalized spacial score (nSPS) is 19.8. The molecular formula is C12H16BrNO2. The molecule has 1 unspecified atom stereocenters. The van der Waals surface area contributed by atoms with Crippen molar-refractivity contribution < 1.29 is 9.47 Å². The van der Waals surface area contributed by atoms with Crippen molar-refractivity contribution in [2.45, 2.75) is 12.3 Å². The lowest BCUT2D eigenvalue weighted by Crippen LogP contribution is -2.08. The van der Waals surface area contributed by atoms with Gasteiger partial charge in [0.2, 0.25) is 0 Å². The van der Waals surface area contributed by atoms with E-state index in [1.54, 1.807) is 14.2 Å². The van der Waals surface area contributed by atoms with E-state index in [4.69, 9.17) is 9.47 Å². The van der Waals surface area contributed by atoms with E-state index >= 15 is 0 Å². The molecule has 0 aromatic heterocycles. The molecule has 88 valence electrons. The molecule has 3 nitrogen and oxygen atoms in total. The first-order valence-corrected chi connectivity index (χ1v) is 6.17. The fraction of sp³-hybridized carbons (Fsp3) is 0.500. The molecule has 1 atom stereocenters. The van der Waals surface area contributed by atoms with Crippen LogP contribution in [0.1, 0.15) is 17.9 Å². The largest absolute Gasteiger partial charge is 0.493 e. The topological polar surface area (TPSA) is 30.5 Å². The van der Waals surface area contributed by atoms with Gasteiger partial charge in [-0.1, -0.05) is 0 Å². The highest BCUT2D eigenvalue weighted by Gasteiger charge is 2.20. The number of ether oxygens (including phenoxy) is 2. The van der Waals surface area contributed by atoms with Crippen molar-refractivity contribution in [3.8, 4) is 11.5 Å². The fourth-order valence-electron chi connectivity index (χ4n) is 2.11. The summed E-state index contributed by atoms with van der Waals surface area (Å²) in [5, 5.41) is 3.37. The second-order valence-corrected chi connectivity index (χ2v) is 4.78. The molecule has 1 aliphatic rings. The van der Waals surface area contributed by atoms with Crippen LogP contribution in [-0.2, 0) is 0 Å². The molecule has 2 rings (SSSR count). The molecule has 1 aromatic rings. The van der Waals surface area contributed by atoms with Crippen LogP contribution >= 0.6 is 15.9 Å². The van der Waals surface area contributed by atoms with Crippen molar-refractivity contribution in [3.05, 3.63) is 22.2 Å². The van der Waals surface area contributed by atoms with E-state index < -0.39 is 0 Å². The number of rotatable bonds is 3. The predicted octanol–water partition coefficient (Wildman–Crippen LogP) is 2.54. The summed E-state index contributed by atoms with van der Waals surface area (Å²) in [5.74, 6) is 2.13. The number of methoxy groups -OCH3 is 2. The highest BCUT2D eigenvalue weighted by Crippen LogP contribution is 2.39. The number of halogens is 1. The average Bonchev–Trinajstić information content (AvgIpc) is 2.81. The minimum Gasteiger partial charge on any atom is -0.493 e. The van der Waals surface area contributed by atoms with Crippen LogP contribution in [0, 0.1) is 0 Å². The monoisotopic (exact) mass is 285 g/mol. The van der Waals surface area contributed by atoms with Gasteiger partial charge in [0.15, 0.2) is 11.5 Å². The number of benzene rings is 1. The molecule has 4 heteroatoms. The molecule has 1 fully saturated rings. The summed E-state index contributed by atoms with van der Waals surface area (Å²) in [7, 11) is 3.32. The number of nitrogens with one attached hydrogen (secondary N) is 1. The van der Waals surface area contributed by atoms with E-state index in [1.165, 1.54) is 12.0 Å². The zero-order valence-electron chi connectivity index (χ0n) is 9.55. The maximum atomic E-state index is 5.34. The van der Waals surface area contributed by atoms with Gasteiger partial charge in [-0.3, -0.25) is 0 Å². The van der Waals surface area contributed by atoms with Crippen molar-refractivity contribution in [2.75, 3.05) is 27.3 Å². The SMILES string of the molecule is COc1cc(C2CCNC2)cc(Br)c1OC. The van der Waals surface area contributed by atoms with E-state index in [2.05, 4.69) is 33.4 Å². The first kappa shape index (κ1) is 11.7. The number of hydrogen-bond donors (Lipinski definition) is 1. The molecule has 1 saturated heterocycles. The first-order valence-electron chi connectivity index (χ1n) is 5.38. The molecule has 1 aromatic carbocycles. The van der Waals surface area contributed by atoms with Gasteiger partial charge in [0.25, 0.3) is 0 Å². The van der Waals surface area contributed by atoms with E-state index in [1.807, 2.05) is 0 Å². The summed E-state index contributed by atoms with van der Waals surface area (Å²) in [6.07, 6.45) is 1.18. The Labute approximate surface area is 104 Å². The lowest BCUT2D eigenvalue weighted by atomic mass is 9.98. The van der Waals surface area contributed by atoms with Crippen LogP contribution in [0.2, 0.25) is 0 Å². The summed E-state index contributed by atoms with van der Waals surface area (Å²) in [6.45, 7) is 2.14. The minimum absolute atomic E-state index is 0.580. The van der Waals surface area contributed by atoms with Gasteiger partial charge in [0.1, 0.15) is 0 Å². The second kappa shape index (κ2) is 5.06. The minimum atomic E-state index is 0.580. The molecular weight excluding hydrogens is 270 g/mol. The highest BCUT2D eigenvalue weighted by atomic mass is 79.9. The molecule has 0 saturated carbocycles. The Morgan fingerprint density at radius 2 is 2.12 bits per heavy atom. The third kappa shape index (κ3) is 2.18. The van der Waals surface area contributed by atoms with Crippen LogP contribution in [0.15, 0.2) is 16.6 Å². The van der Waals surface area contributed by atoms with Gasteiger partial charge >= 0.3 is 0 Å². The molecule has 0 radical (unpaired) electrons. The maximum Gasteiger partial charge on any atom is 0.174 e. The maximum absolute atomic E-state index is 5.34. The summed E-state index contributed by atoms with van der Waals surface area (Å²) in [4.78, 5) is 0. The molecule has 16 heavy (non-hydrogen) atoms. The zero-order chi connectivity index (χ0) is 11.5. The van der Waals surface area contributed by atoms with E-state index in [0.717, 1.165) is 29.1 Å². The van der Waals surface area contributed by atoms with E-state index in [-0.39, 0.29) is 0 Å². The lowest BCUT2D eigenvalue weighted by Gasteiger charge is -2.15. The summed E-state index contributed by atoms with van der Waals surface area (Å²) in [6, 6.07) is 4.19. The van der Waals surface area contributed by atoms with Crippen molar-refractivity contribution in [2.24, 2.45) is 0 Å². The van der Waals surface area contributed by atoms with Crippen LogP contribution in [0.3, 0.4) is 0 Å². The zero-order valence-corrected chi connectivity index (χ0v) is 11.1. The van der Waals surface area contributed by atoms with Crippen LogP contribution in [0.4, 0.5) is 0 Å². The van der Waals surface area contributed by atoms with Crippen LogP contribution < -0.4 is 14.8 Å². The van der Waals surface area contributed by atoms with E-state index in [9.17, 15) is 0 Å². The molecule has 0 spiro atoms. The van der Waals surface area contributed by atoms with Gasteiger partial charge in [-0.25, -0.2) is 0 Å².